The molecule has 0 bridgehead atoms. The zero-order chi connectivity index (χ0) is 34.1. The molecule has 1 aromatic heterocycles. The summed E-state index contributed by atoms with van der Waals surface area (Å²) < 4.78 is 68.6. The van der Waals surface area contributed by atoms with E-state index in [0.717, 1.165) is 30.8 Å². The molecule has 47 heavy (non-hydrogen) atoms. The molecule has 2 aliphatic heterocycles. The fourth-order valence-electron chi connectivity index (χ4n) is 4.97. The van der Waals surface area contributed by atoms with Crippen LogP contribution in [0, 0.1) is 5.41 Å². The van der Waals surface area contributed by atoms with Crippen LogP contribution in [-0.2, 0) is 19.6 Å². The van der Waals surface area contributed by atoms with Gasteiger partial charge < -0.3 is 15.0 Å². The lowest BCUT2D eigenvalue weighted by Gasteiger charge is -2.35. The first kappa shape index (κ1) is 35.6. The van der Waals surface area contributed by atoms with Crippen molar-refractivity contribution >= 4 is 16.4 Å². The van der Waals surface area contributed by atoms with E-state index in [4.69, 9.17) is 0 Å². The first-order valence-corrected chi connectivity index (χ1v) is 16.6. The number of piperazine rings is 1. The molecule has 1 saturated heterocycles. The Kier molecular flexibility index (Phi) is 11.7. The van der Waals surface area contributed by atoms with E-state index in [1.54, 1.807) is 18.5 Å². The normalized spacial score (nSPS) is 18.9. The van der Waals surface area contributed by atoms with Gasteiger partial charge in [0.05, 0.1) is 23.0 Å². The van der Waals surface area contributed by atoms with E-state index in [2.05, 4.69) is 70.1 Å². The van der Waals surface area contributed by atoms with Crippen LogP contribution in [0.2, 0.25) is 0 Å². The van der Waals surface area contributed by atoms with Crippen LogP contribution < -0.4 is 16.0 Å². The Balaban J connectivity index is 0.000000280. The zero-order valence-electron chi connectivity index (χ0n) is 26.6. The summed E-state index contributed by atoms with van der Waals surface area (Å²) in [7, 11) is -3.83. The number of fused-ring (bicyclic) bond motifs is 1. The van der Waals surface area contributed by atoms with Gasteiger partial charge in [-0.2, -0.15) is 4.31 Å². The first-order valence-electron chi connectivity index (χ1n) is 15.1. The van der Waals surface area contributed by atoms with E-state index in [-0.39, 0.29) is 29.8 Å². The lowest BCUT2D eigenvalue weighted by molar-refractivity contribution is -0.303. The Labute approximate surface area is 272 Å². The molecule has 0 radical (unpaired) electrons. The first-order chi connectivity index (χ1) is 22.3. The van der Waals surface area contributed by atoms with E-state index in [9.17, 15) is 26.4 Å². The molecule has 1 amide bonds. The minimum Gasteiger partial charge on any atom is -0.406 e. The van der Waals surface area contributed by atoms with Gasteiger partial charge in [-0.15, -0.1) is 13.2 Å². The van der Waals surface area contributed by atoms with Crippen LogP contribution in [-0.4, -0.2) is 74.6 Å². The lowest BCUT2D eigenvalue weighted by Crippen LogP contribution is -2.48. The van der Waals surface area contributed by atoms with Crippen LogP contribution in [0.4, 0.5) is 13.2 Å². The average molecular weight is 673 g/mol. The number of amides is 1. The fraction of sp³-hybridized carbons (Fsp3) is 0.394. The van der Waals surface area contributed by atoms with Crippen LogP contribution in [0.25, 0.3) is 0 Å². The molecule has 1 N–H and O–H groups in total. The van der Waals surface area contributed by atoms with E-state index in [0.29, 0.717) is 36.9 Å². The van der Waals surface area contributed by atoms with Crippen molar-refractivity contribution in [2.24, 2.45) is 15.4 Å². The van der Waals surface area contributed by atoms with Gasteiger partial charge in [-0.3, -0.25) is 14.8 Å². The maximum absolute atomic E-state index is 13.0. The molecule has 1 aromatic rings. The summed E-state index contributed by atoms with van der Waals surface area (Å²) in [6.45, 7) is 9.00. The van der Waals surface area contributed by atoms with Crippen LogP contribution in [0.15, 0.2) is 111 Å². The van der Waals surface area contributed by atoms with Gasteiger partial charge in [0, 0.05) is 45.3 Å². The molecule has 0 aromatic carbocycles. The Hall–Kier alpha value is -4.30. The topological polar surface area (TPSA) is 117 Å². The Bertz CT molecular complexity index is 1760. The van der Waals surface area contributed by atoms with E-state index in [1.165, 1.54) is 27.6 Å². The average Bonchev–Trinajstić information content (AvgIpc) is 3.50. The number of alkyl halides is 3. The van der Waals surface area contributed by atoms with Gasteiger partial charge in [0.25, 0.3) is 0 Å². The second-order valence-electron chi connectivity index (χ2n) is 11.9. The van der Waals surface area contributed by atoms with Crippen molar-refractivity contribution in [2.75, 3.05) is 39.3 Å². The Morgan fingerprint density at radius 2 is 1.72 bits per heavy atom. The summed E-state index contributed by atoms with van der Waals surface area (Å²) in [5.41, 5.74) is 2.74. The number of halogens is 3. The summed E-state index contributed by atoms with van der Waals surface area (Å²) in [4.78, 5) is 25.3. The van der Waals surface area contributed by atoms with Crippen molar-refractivity contribution in [3.8, 4) is 0 Å². The van der Waals surface area contributed by atoms with E-state index >= 15 is 0 Å². The van der Waals surface area contributed by atoms with Gasteiger partial charge in [0.2, 0.25) is 16.4 Å². The molecule has 3 heterocycles. The van der Waals surface area contributed by atoms with Gasteiger partial charge in [-0.25, -0.2) is 13.4 Å². The molecule has 10 nitrogen and oxygen atoms in total. The number of ether oxygens (including phenoxy) is 1. The van der Waals surface area contributed by atoms with Gasteiger partial charge in [-0.05, 0) is 53.4 Å². The predicted molar refractivity (Wildman–Crippen MR) is 172 cm³/mol. The van der Waals surface area contributed by atoms with Crippen molar-refractivity contribution in [3.05, 3.63) is 111 Å². The fourth-order valence-corrected chi connectivity index (χ4v) is 6.49. The molecule has 1 fully saturated rings. The van der Waals surface area contributed by atoms with Crippen molar-refractivity contribution in [2.45, 2.75) is 40.0 Å². The number of rotatable bonds is 7. The molecular formula is C33H39F3N6O4S. The maximum atomic E-state index is 13.0. The van der Waals surface area contributed by atoms with Crippen molar-refractivity contribution in [1.82, 2.24) is 19.5 Å². The maximum Gasteiger partial charge on any atom is 0.573 e. The molecule has 4 aliphatic rings. The SMILES string of the molecule is CC(C)(C)C1=CC=C(CNC=O)CC=C1.O=S(=O)(C1=CC=C(OC(F)(F)F)C=CC1)N1CCN(C2=CCN=c3cnccc3=N2)CC1. The summed E-state index contributed by atoms with van der Waals surface area (Å²) in [5.74, 6) is 0.263. The third-order valence-corrected chi connectivity index (χ3v) is 9.52. The van der Waals surface area contributed by atoms with Gasteiger partial charge >= 0.3 is 6.36 Å². The summed E-state index contributed by atoms with van der Waals surface area (Å²) in [5, 5.41) is 4.10. The van der Waals surface area contributed by atoms with Crippen LogP contribution in [0.3, 0.4) is 0 Å². The second kappa shape index (κ2) is 15.5. The Morgan fingerprint density at radius 3 is 2.43 bits per heavy atom. The predicted octanol–water partition coefficient (Wildman–Crippen LogP) is 3.98. The largest absolute Gasteiger partial charge is 0.573 e. The summed E-state index contributed by atoms with van der Waals surface area (Å²) >= 11 is 0. The third-order valence-electron chi connectivity index (χ3n) is 7.50. The standard InChI is InChI=1S/C20H20F3N5O3S.C13H19NO/c21-20(22,23)31-15-2-1-3-16(5-4-15)32(29,30)28-12-10-27(11-13-28)19-7-9-25-18-14-24-8-6-17(18)26-19;1-13(2,3)12-6-4-5-11(7-8-12)9-14-10-15/h1-2,4-8,14H,3,9-13H2;4,6-8,10H,5,9H2,1-3H3,(H,14,15). The van der Waals surface area contributed by atoms with Gasteiger partial charge in [-0.1, -0.05) is 51.2 Å². The number of nitrogens with zero attached hydrogens (tertiary/aromatic N) is 5. The number of sulfonamides is 1. The number of hydrogen-bond acceptors (Lipinski definition) is 8. The number of allylic oxidation sites excluding steroid dienone is 10. The number of carbonyl (C=O) groups is 1. The summed E-state index contributed by atoms with van der Waals surface area (Å²) in [6.07, 6.45) is 15.2. The van der Waals surface area contributed by atoms with Crippen LogP contribution in [0.1, 0.15) is 33.6 Å². The number of nitrogens with one attached hydrogen (secondary N) is 1. The van der Waals surface area contributed by atoms with E-state index in [1.807, 2.05) is 11.0 Å². The highest BCUT2D eigenvalue weighted by Crippen LogP contribution is 2.29. The molecule has 2 aliphatic carbocycles. The molecule has 14 heteroatoms. The van der Waals surface area contributed by atoms with Crippen molar-refractivity contribution in [3.63, 3.8) is 0 Å². The smallest absolute Gasteiger partial charge is 0.406 e. The molecule has 5 rings (SSSR count). The second-order valence-corrected chi connectivity index (χ2v) is 13.9. The van der Waals surface area contributed by atoms with Crippen molar-refractivity contribution < 1.29 is 31.1 Å². The number of carbonyl (C=O) groups excluding carboxylic acids is 1. The summed E-state index contributed by atoms with van der Waals surface area (Å²) in [6, 6.07) is 1.77. The minimum atomic E-state index is -4.84. The lowest BCUT2D eigenvalue weighted by atomic mass is 9.86. The monoisotopic (exact) mass is 672 g/mol. The molecule has 0 saturated carbocycles. The molecule has 0 atom stereocenters. The highest BCUT2D eigenvalue weighted by atomic mass is 32.2. The zero-order valence-corrected chi connectivity index (χ0v) is 27.4. The third kappa shape index (κ3) is 10.3. The van der Waals surface area contributed by atoms with Crippen LogP contribution in [0.5, 0.6) is 0 Å². The van der Waals surface area contributed by atoms with Crippen molar-refractivity contribution in [1.29, 1.82) is 0 Å². The number of hydrogen-bond donors (Lipinski definition) is 1. The Morgan fingerprint density at radius 1 is 0.979 bits per heavy atom. The highest BCUT2D eigenvalue weighted by Gasteiger charge is 2.33. The molecule has 0 unspecified atom stereocenters. The number of pyridine rings is 1. The van der Waals surface area contributed by atoms with E-state index < -0.39 is 22.1 Å². The van der Waals surface area contributed by atoms with Crippen LogP contribution >= 0.6 is 0 Å². The molecular weight excluding hydrogens is 633 g/mol. The van der Waals surface area contributed by atoms with Gasteiger partial charge in [0.1, 0.15) is 16.9 Å². The quantitative estimate of drug-likeness (QED) is 0.439. The van der Waals surface area contributed by atoms with Gasteiger partial charge in [0.15, 0.2) is 0 Å². The molecule has 252 valence electrons. The minimum absolute atomic E-state index is 0.0153. The highest BCUT2D eigenvalue weighted by molar-refractivity contribution is 7.93. The molecule has 0 spiro atoms. The number of aromatic nitrogens is 1.